The van der Waals surface area contributed by atoms with Crippen molar-refractivity contribution in [2.45, 2.75) is 26.7 Å². The van der Waals surface area contributed by atoms with E-state index in [9.17, 15) is 18.4 Å². The second kappa shape index (κ2) is 8.93. The van der Waals surface area contributed by atoms with Gasteiger partial charge in [0.15, 0.2) is 17.5 Å². The number of urea groups is 1. The Kier molecular flexibility index (Phi) is 6.65. The van der Waals surface area contributed by atoms with Crippen LogP contribution in [0.2, 0.25) is 0 Å². The molecule has 2 rings (SSSR count). The smallest absolute Gasteiger partial charge is 0.322 e. The zero-order valence-corrected chi connectivity index (χ0v) is 14.5. The number of nitrogens with zero attached hydrogens (tertiary/aromatic N) is 2. The average Bonchev–Trinajstić information content (AvgIpc) is 2.99. The monoisotopic (exact) mass is 366 g/mol. The van der Waals surface area contributed by atoms with E-state index in [2.05, 4.69) is 15.8 Å². The standard InChI is InChI=1S/C17H20F2N4O3/c1-3-4-7-23(10-16(24)21-15-8-11(2)26-22-15)17(25)20-12-5-6-13(18)14(19)9-12/h5-6,8-9H,3-4,7,10H2,1-2H3,(H,20,25)(H,21,22,24). The van der Waals surface area contributed by atoms with Gasteiger partial charge in [0.1, 0.15) is 12.3 Å². The molecule has 0 unspecified atom stereocenters. The van der Waals surface area contributed by atoms with Crippen LogP contribution in [0, 0.1) is 18.6 Å². The molecule has 1 heterocycles. The topological polar surface area (TPSA) is 87.5 Å². The summed E-state index contributed by atoms with van der Waals surface area (Å²) < 4.78 is 31.1. The number of hydrogen-bond donors (Lipinski definition) is 2. The largest absolute Gasteiger partial charge is 0.360 e. The van der Waals surface area contributed by atoms with Crippen molar-refractivity contribution in [1.82, 2.24) is 10.1 Å². The average molecular weight is 366 g/mol. The predicted molar refractivity (Wildman–Crippen MR) is 91.7 cm³/mol. The lowest BCUT2D eigenvalue weighted by Crippen LogP contribution is -2.41. The van der Waals surface area contributed by atoms with Gasteiger partial charge in [-0.05, 0) is 25.5 Å². The summed E-state index contributed by atoms with van der Waals surface area (Å²) in [6.07, 6.45) is 1.50. The third-order valence-electron chi connectivity index (χ3n) is 3.47. The number of halogens is 2. The highest BCUT2D eigenvalue weighted by atomic mass is 19.2. The number of benzene rings is 1. The van der Waals surface area contributed by atoms with Gasteiger partial charge in [-0.25, -0.2) is 13.6 Å². The molecule has 2 N–H and O–H groups in total. The number of aromatic nitrogens is 1. The molecule has 0 spiro atoms. The summed E-state index contributed by atoms with van der Waals surface area (Å²) in [5, 5.41) is 8.64. The number of unbranched alkanes of at least 4 members (excludes halogenated alkanes) is 1. The summed E-state index contributed by atoms with van der Waals surface area (Å²) in [6.45, 7) is 3.74. The molecule has 0 bridgehead atoms. The Labute approximate surface area is 149 Å². The van der Waals surface area contributed by atoms with Gasteiger partial charge < -0.3 is 20.1 Å². The molecular weight excluding hydrogens is 346 g/mol. The van der Waals surface area contributed by atoms with Crippen molar-refractivity contribution in [2.24, 2.45) is 0 Å². The van der Waals surface area contributed by atoms with Gasteiger partial charge in [-0.3, -0.25) is 4.79 Å². The molecule has 0 fully saturated rings. The maximum atomic E-state index is 13.3. The Morgan fingerprint density at radius 1 is 1.19 bits per heavy atom. The van der Waals surface area contributed by atoms with Gasteiger partial charge >= 0.3 is 6.03 Å². The summed E-state index contributed by atoms with van der Waals surface area (Å²) in [5.41, 5.74) is 0.0999. The maximum absolute atomic E-state index is 13.3. The van der Waals surface area contributed by atoms with E-state index in [1.165, 1.54) is 11.0 Å². The molecule has 3 amide bonds. The fraction of sp³-hybridized carbons (Fsp3) is 0.353. The number of hydrogen-bond acceptors (Lipinski definition) is 4. The first kappa shape index (κ1) is 19.4. The number of carbonyl (C=O) groups excluding carboxylic acids is 2. The van der Waals surface area contributed by atoms with E-state index < -0.39 is 23.6 Å². The summed E-state index contributed by atoms with van der Waals surface area (Å²) in [4.78, 5) is 25.8. The maximum Gasteiger partial charge on any atom is 0.322 e. The SMILES string of the molecule is CCCCN(CC(=O)Nc1cc(C)on1)C(=O)Nc1ccc(F)c(F)c1. The first-order chi connectivity index (χ1) is 12.4. The zero-order chi connectivity index (χ0) is 19.1. The molecule has 7 nitrogen and oxygen atoms in total. The number of amides is 3. The second-order valence-corrected chi connectivity index (χ2v) is 5.71. The molecule has 0 saturated carbocycles. The third-order valence-corrected chi connectivity index (χ3v) is 3.47. The van der Waals surface area contributed by atoms with E-state index in [0.29, 0.717) is 18.7 Å². The molecule has 0 aliphatic rings. The van der Waals surface area contributed by atoms with Gasteiger partial charge in [0, 0.05) is 24.4 Å². The summed E-state index contributed by atoms with van der Waals surface area (Å²) in [7, 11) is 0. The molecule has 0 aliphatic carbocycles. The highest BCUT2D eigenvalue weighted by molar-refractivity contribution is 5.96. The predicted octanol–water partition coefficient (Wildman–Crippen LogP) is 3.53. The van der Waals surface area contributed by atoms with Crippen LogP contribution in [0.15, 0.2) is 28.8 Å². The molecule has 140 valence electrons. The normalized spacial score (nSPS) is 10.5. The van der Waals surface area contributed by atoms with Crippen molar-refractivity contribution in [3.63, 3.8) is 0 Å². The lowest BCUT2D eigenvalue weighted by atomic mass is 10.3. The van der Waals surface area contributed by atoms with Crippen molar-refractivity contribution in [2.75, 3.05) is 23.7 Å². The van der Waals surface area contributed by atoms with Crippen molar-refractivity contribution in [3.05, 3.63) is 41.7 Å². The van der Waals surface area contributed by atoms with Crippen LogP contribution in [0.3, 0.4) is 0 Å². The van der Waals surface area contributed by atoms with E-state index >= 15 is 0 Å². The number of aryl methyl sites for hydroxylation is 1. The molecule has 2 aromatic rings. The molecule has 9 heteroatoms. The summed E-state index contributed by atoms with van der Waals surface area (Å²) in [6, 6.07) is 4.00. The Morgan fingerprint density at radius 3 is 2.58 bits per heavy atom. The van der Waals surface area contributed by atoms with E-state index in [1.807, 2.05) is 6.92 Å². The Morgan fingerprint density at radius 2 is 1.96 bits per heavy atom. The molecule has 26 heavy (non-hydrogen) atoms. The molecule has 0 aliphatic heterocycles. The van der Waals surface area contributed by atoms with Gasteiger partial charge in [0.25, 0.3) is 0 Å². The van der Waals surface area contributed by atoms with Crippen LogP contribution in [0.5, 0.6) is 0 Å². The number of anilines is 2. The van der Waals surface area contributed by atoms with Crippen LogP contribution in [-0.4, -0.2) is 35.1 Å². The molecule has 0 saturated heterocycles. The highest BCUT2D eigenvalue weighted by Crippen LogP contribution is 2.14. The fourth-order valence-corrected chi connectivity index (χ4v) is 2.16. The first-order valence-electron chi connectivity index (χ1n) is 8.13. The number of carbonyl (C=O) groups is 2. The minimum atomic E-state index is -1.07. The van der Waals surface area contributed by atoms with Gasteiger partial charge in [-0.1, -0.05) is 18.5 Å². The fourth-order valence-electron chi connectivity index (χ4n) is 2.16. The van der Waals surface area contributed by atoms with Crippen molar-refractivity contribution in [1.29, 1.82) is 0 Å². The Bertz CT molecular complexity index is 779. The van der Waals surface area contributed by atoms with Crippen LogP contribution < -0.4 is 10.6 Å². The van der Waals surface area contributed by atoms with Crippen LogP contribution in [0.25, 0.3) is 0 Å². The second-order valence-electron chi connectivity index (χ2n) is 5.71. The minimum Gasteiger partial charge on any atom is -0.360 e. The first-order valence-corrected chi connectivity index (χ1v) is 8.13. The van der Waals surface area contributed by atoms with Gasteiger partial charge in [0.05, 0.1) is 0 Å². The Hall–Kier alpha value is -2.97. The molecule has 0 radical (unpaired) electrons. The van der Waals surface area contributed by atoms with Crippen LogP contribution in [0.4, 0.5) is 25.1 Å². The van der Waals surface area contributed by atoms with E-state index in [0.717, 1.165) is 18.6 Å². The quantitative estimate of drug-likeness (QED) is 0.785. The Balaban J connectivity index is 2.01. The van der Waals surface area contributed by atoms with Crippen molar-refractivity contribution < 1.29 is 22.9 Å². The lowest BCUT2D eigenvalue weighted by molar-refractivity contribution is -0.116. The summed E-state index contributed by atoms with van der Waals surface area (Å²) >= 11 is 0. The molecular formula is C17H20F2N4O3. The van der Waals surface area contributed by atoms with Crippen LogP contribution in [-0.2, 0) is 4.79 Å². The summed E-state index contributed by atoms with van der Waals surface area (Å²) in [5.74, 6) is -1.73. The van der Waals surface area contributed by atoms with Crippen molar-refractivity contribution >= 4 is 23.4 Å². The molecule has 0 atom stereocenters. The highest BCUT2D eigenvalue weighted by Gasteiger charge is 2.18. The molecule has 1 aromatic heterocycles. The van der Waals surface area contributed by atoms with Gasteiger partial charge in [0.2, 0.25) is 5.91 Å². The number of nitrogens with one attached hydrogen (secondary N) is 2. The third kappa shape index (κ3) is 5.54. The zero-order valence-electron chi connectivity index (χ0n) is 14.5. The van der Waals surface area contributed by atoms with Crippen molar-refractivity contribution in [3.8, 4) is 0 Å². The number of rotatable bonds is 7. The van der Waals surface area contributed by atoms with Gasteiger partial charge in [-0.15, -0.1) is 0 Å². The van der Waals surface area contributed by atoms with E-state index in [1.54, 1.807) is 13.0 Å². The van der Waals surface area contributed by atoms with E-state index in [4.69, 9.17) is 4.52 Å². The lowest BCUT2D eigenvalue weighted by Gasteiger charge is -2.22. The van der Waals surface area contributed by atoms with Crippen LogP contribution in [0.1, 0.15) is 25.5 Å². The van der Waals surface area contributed by atoms with Gasteiger partial charge in [-0.2, -0.15) is 0 Å². The van der Waals surface area contributed by atoms with E-state index in [-0.39, 0.29) is 18.1 Å². The van der Waals surface area contributed by atoms with Crippen LogP contribution >= 0.6 is 0 Å². The molecule has 1 aromatic carbocycles. The minimum absolute atomic E-state index is 0.0999.